The second-order valence-electron chi connectivity index (χ2n) is 6.48. The Hall–Kier alpha value is -3.25. The van der Waals surface area contributed by atoms with Gasteiger partial charge in [-0.15, -0.1) is 0 Å². The summed E-state index contributed by atoms with van der Waals surface area (Å²) in [5.74, 6) is -0.736. The molecule has 0 unspecified atom stereocenters. The number of aromatic nitrogens is 4. The minimum absolute atomic E-state index is 0.0356. The fourth-order valence-corrected chi connectivity index (χ4v) is 3.73. The van der Waals surface area contributed by atoms with E-state index in [1.807, 2.05) is 0 Å². The van der Waals surface area contributed by atoms with Crippen molar-refractivity contribution in [2.24, 2.45) is 19.2 Å². The van der Waals surface area contributed by atoms with E-state index in [-0.39, 0.29) is 34.8 Å². The zero-order chi connectivity index (χ0) is 21.5. The summed E-state index contributed by atoms with van der Waals surface area (Å²) in [5, 5.41) is 5.15. The van der Waals surface area contributed by atoms with Gasteiger partial charge in [0.15, 0.2) is 11.2 Å². The highest BCUT2D eigenvalue weighted by atomic mass is 32.2. The van der Waals surface area contributed by atoms with Crippen LogP contribution in [0.2, 0.25) is 0 Å². The number of ether oxygens (including phenoxy) is 1. The van der Waals surface area contributed by atoms with Crippen molar-refractivity contribution in [3.8, 4) is 0 Å². The van der Waals surface area contributed by atoms with Gasteiger partial charge in [-0.3, -0.25) is 13.9 Å². The molecule has 0 fully saturated rings. The third-order valence-corrected chi connectivity index (χ3v) is 5.57. The number of carbonyl (C=O) groups is 1. The number of nitrogens with two attached hydrogens (primary N) is 1. The molecular weight excluding hydrogens is 402 g/mol. The highest BCUT2D eigenvalue weighted by molar-refractivity contribution is 7.89. The lowest BCUT2D eigenvalue weighted by Crippen LogP contribution is -2.37. The minimum Gasteiger partial charge on any atom is -0.460 e. The zero-order valence-electron chi connectivity index (χ0n) is 15.9. The number of sulfonamides is 1. The van der Waals surface area contributed by atoms with Gasteiger partial charge in [0.1, 0.15) is 6.61 Å². The Morgan fingerprint density at radius 1 is 1.21 bits per heavy atom. The summed E-state index contributed by atoms with van der Waals surface area (Å²) in [6.45, 7) is 1.57. The van der Waals surface area contributed by atoms with E-state index in [4.69, 9.17) is 9.88 Å². The average Bonchev–Trinajstić information content (AvgIpc) is 3.08. The number of primary sulfonamides is 1. The number of hydrogen-bond donors (Lipinski definition) is 1. The molecule has 3 aromatic rings. The van der Waals surface area contributed by atoms with Crippen LogP contribution in [0.5, 0.6) is 0 Å². The number of carbonyl (C=O) groups excluding carboxylic acids is 1. The Morgan fingerprint density at radius 3 is 2.55 bits per heavy atom. The first-order chi connectivity index (χ1) is 13.5. The molecule has 0 aliphatic rings. The van der Waals surface area contributed by atoms with Crippen LogP contribution in [0.4, 0.5) is 0 Å². The maximum absolute atomic E-state index is 12.4. The quantitative estimate of drug-likeness (QED) is 0.533. The van der Waals surface area contributed by atoms with Crippen LogP contribution in [-0.4, -0.2) is 39.7 Å². The largest absolute Gasteiger partial charge is 0.460 e. The predicted octanol–water partition coefficient (Wildman–Crippen LogP) is -0.753. The third-order valence-electron chi connectivity index (χ3n) is 4.51. The second-order valence-corrected chi connectivity index (χ2v) is 8.01. The fourth-order valence-electron chi connectivity index (χ4n) is 2.92. The number of imidazole rings is 1. The van der Waals surface area contributed by atoms with Gasteiger partial charge in [0.25, 0.3) is 5.56 Å². The lowest BCUT2D eigenvalue weighted by atomic mass is 10.1. The molecule has 2 N–H and O–H groups in total. The zero-order valence-corrected chi connectivity index (χ0v) is 16.8. The van der Waals surface area contributed by atoms with E-state index in [2.05, 4.69) is 4.98 Å². The summed E-state index contributed by atoms with van der Waals surface area (Å²) in [6, 6.07) is 4.06. The number of rotatable bonds is 5. The number of hydrogen-bond acceptors (Lipinski definition) is 7. The molecule has 0 aliphatic heterocycles. The Kier molecular flexibility index (Phi) is 5.15. The van der Waals surface area contributed by atoms with Crippen molar-refractivity contribution in [3.63, 3.8) is 0 Å². The van der Waals surface area contributed by atoms with Gasteiger partial charge in [0.2, 0.25) is 10.0 Å². The molecule has 0 aliphatic carbocycles. The molecule has 0 saturated heterocycles. The van der Waals surface area contributed by atoms with Gasteiger partial charge < -0.3 is 9.30 Å². The monoisotopic (exact) mass is 421 g/mol. The highest BCUT2D eigenvalue weighted by Crippen LogP contribution is 2.16. The average molecular weight is 421 g/mol. The van der Waals surface area contributed by atoms with Crippen molar-refractivity contribution in [1.29, 1.82) is 0 Å². The van der Waals surface area contributed by atoms with Crippen LogP contribution in [0, 0.1) is 6.92 Å². The summed E-state index contributed by atoms with van der Waals surface area (Å²) in [6.07, 6.45) is 1.38. The van der Waals surface area contributed by atoms with Crippen LogP contribution < -0.4 is 16.4 Å². The molecule has 2 aromatic heterocycles. The Morgan fingerprint density at radius 2 is 1.90 bits per heavy atom. The van der Waals surface area contributed by atoms with Gasteiger partial charge in [-0.25, -0.2) is 28.1 Å². The Balaban J connectivity index is 1.80. The van der Waals surface area contributed by atoms with Crippen molar-refractivity contribution in [3.05, 3.63) is 56.5 Å². The number of fused-ring (bicyclic) bond motifs is 1. The normalized spacial score (nSPS) is 11.7. The first-order valence-corrected chi connectivity index (χ1v) is 9.98. The number of esters is 1. The summed E-state index contributed by atoms with van der Waals surface area (Å²) in [4.78, 5) is 40.5. The summed E-state index contributed by atoms with van der Waals surface area (Å²) in [5.41, 5.74) is -0.130. The van der Waals surface area contributed by atoms with Crippen LogP contribution in [0.25, 0.3) is 11.2 Å². The SMILES string of the molecule is Cc1ccc(C(=O)OCCn2cnc3c2c(=O)n(C)c(=O)n3C)cc1S(N)(=O)=O. The van der Waals surface area contributed by atoms with Gasteiger partial charge in [0, 0.05) is 14.1 Å². The molecule has 154 valence electrons. The van der Waals surface area contributed by atoms with Crippen LogP contribution in [0.15, 0.2) is 39.0 Å². The van der Waals surface area contributed by atoms with Crippen molar-refractivity contribution >= 4 is 27.2 Å². The van der Waals surface area contributed by atoms with E-state index in [0.29, 0.717) is 5.56 Å². The molecule has 0 radical (unpaired) electrons. The fraction of sp³-hybridized carbons (Fsp3) is 0.294. The molecule has 0 saturated carbocycles. The van der Waals surface area contributed by atoms with Crippen LogP contribution >= 0.6 is 0 Å². The summed E-state index contributed by atoms with van der Waals surface area (Å²) < 4.78 is 32.1. The first kappa shape index (κ1) is 20.5. The van der Waals surface area contributed by atoms with E-state index in [1.165, 1.54) is 41.7 Å². The van der Waals surface area contributed by atoms with Crippen molar-refractivity contribution in [2.45, 2.75) is 18.4 Å². The van der Waals surface area contributed by atoms with E-state index in [9.17, 15) is 22.8 Å². The molecule has 0 spiro atoms. The highest BCUT2D eigenvalue weighted by Gasteiger charge is 2.17. The van der Waals surface area contributed by atoms with E-state index in [0.717, 1.165) is 10.6 Å². The maximum atomic E-state index is 12.4. The summed E-state index contributed by atoms with van der Waals surface area (Å²) >= 11 is 0. The minimum atomic E-state index is -3.97. The van der Waals surface area contributed by atoms with Crippen LogP contribution in [-0.2, 0) is 35.4 Å². The van der Waals surface area contributed by atoms with Gasteiger partial charge in [-0.2, -0.15) is 0 Å². The standard InChI is InChI=1S/C17H19N5O6S/c1-10-4-5-11(8-12(10)29(18,26)27)16(24)28-7-6-22-9-19-14-13(22)15(23)21(3)17(25)20(14)2/h4-5,8-9H,6-7H2,1-3H3,(H2,18,26,27). The van der Waals surface area contributed by atoms with Crippen molar-refractivity contribution < 1.29 is 17.9 Å². The van der Waals surface area contributed by atoms with Crippen LogP contribution in [0.1, 0.15) is 15.9 Å². The van der Waals surface area contributed by atoms with E-state index in [1.54, 1.807) is 6.92 Å². The maximum Gasteiger partial charge on any atom is 0.338 e. The molecule has 0 amide bonds. The van der Waals surface area contributed by atoms with E-state index >= 15 is 0 Å². The van der Waals surface area contributed by atoms with Gasteiger partial charge in [-0.05, 0) is 24.6 Å². The van der Waals surface area contributed by atoms with Gasteiger partial charge in [-0.1, -0.05) is 6.07 Å². The topological polar surface area (TPSA) is 148 Å². The third kappa shape index (κ3) is 3.71. The molecular formula is C17H19N5O6S. The Bertz CT molecular complexity index is 1350. The summed E-state index contributed by atoms with van der Waals surface area (Å²) in [7, 11) is -1.11. The molecule has 1 aromatic carbocycles. The van der Waals surface area contributed by atoms with Crippen LogP contribution in [0.3, 0.4) is 0 Å². The lowest BCUT2D eigenvalue weighted by Gasteiger charge is -2.09. The molecule has 3 rings (SSSR count). The second kappa shape index (κ2) is 7.29. The Labute approximate surface area is 165 Å². The molecule has 29 heavy (non-hydrogen) atoms. The smallest absolute Gasteiger partial charge is 0.338 e. The number of nitrogens with zero attached hydrogens (tertiary/aromatic N) is 4. The molecule has 12 heteroatoms. The molecule has 0 atom stereocenters. The van der Waals surface area contributed by atoms with Crippen molar-refractivity contribution in [2.75, 3.05) is 6.61 Å². The van der Waals surface area contributed by atoms with E-state index < -0.39 is 27.2 Å². The molecule has 0 bridgehead atoms. The predicted molar refractivity (Wildman–Crippen MR) is 103 cm³/mol. The number of aryl methyl sites for hydroxylation is 2. The van der Waals surface area contributed by atoms with Gasteiger partial charge in [0.05, 0.1) is 23.3 Å². The lowest BCUT2D eigenvalue weighted by molar-refractivity contribution is 0.0492. The van der Waals surface area contributed by atoms with Crippen molar-refractivity contribution in [1.82, 2.24) is 18.7 Å². The first-order valence-electron chi connectivity index (χ1n) is 8.44. The molecule has 11 nitrogen and oxygen atoms in total. The molecule has 2 heterocycles. The number of benzene rings is 1. The van der Waals surface area contributed by atoms with Gasteiger partial charge >= 0.3 is 11.7 Å².